The Balaban J connectivity index is 2.33. The van der Waals surface area contributed by atoms with Gasteiger partial charge in [0.05, 0.1) is 24.7 Å². The lowest BCUT2D eigenvalue weighted by atomic mass is 9.96. The number of hydrogen-bond acceptors (Lipinski definition) is 5. The van der Waals surface area contributed by atoms with Crippen molar-refractivity contribution in [2.24, 2.45) is 5.92 Å². The number of carbonyl (C=O) groups is 2. The molecule has 0 spiro atoms. The normalized spacial score (nSPS) is 23.1. The lowest BCUT2D eigenvalue weighted by molar-refractivity contribution is -0.143. The quantitative estimate of drug-likeness (QED) is 0.657. The summed E-state index contributed by atoms with van der Waals surface area (Å²) in [6.45, 7) is 5.50. The van der Waals surface area contributed by atoms with Gasteiger partial charge in [0.2, 0.25) is 0 Å². The van der Waals surface area contributed by atoms with Gasteiger partial charge in [-0.2, -0.15) is 0 Å². The van der Waals surface area contributed by atoms with Gasteiger partial charge in [0, 0.05) is 6.54 Å². The van der Waals surface area contributed by atoms with Crippen LogP contribution in [0.25, 0.3) is 0 Å². The molecular weight excluding hydrogens is 290 g/mol. The molecule has 22 heavy (non-hydrogen) atoms. The summed E-state index contributed by atoms with van der Waals surface area (Å²) >= 11 is 0. The van der Waals surface area contributed by atoms with E-state index in [9.17, 15) is 14.7 Å². The van der Waals surface area contributed by atoms with Gasteiger partial charge in [0.1, 0.15) is 5.60 Å². The van der Waals surface area contributed by atoms with Crippen LogP contribution in [0.3, 0.4) is 0 Å². The Hall–Kier alpha value is -1.34. The Kier molecular flexibility index (Phi) is 7.09. The van der Waals surface area contributed by atoms with E-state index in [-0.39, 0.29) is 25.4 Å². The molecule has 0 radical (unpaired) electrons. The number of aliphatic hydroxyl groups is 1. The summed E-state index contributed by atoms with van der Waals surface area (Å²) in [5.41, 5.74) is -0.576. The minimum Gasteiger partial charge on any atom is -0.481 e. The van der Waals surface area contributed by atoms with Crippen LogP contribution in [-0.2, 0) is 14.3 Å². The topological polar surface area (TPSA) is 105 Å². The zero-order valence-electron chi connectivity index (χ0n) is 13.5. The summed E-state index contributed by atoms with van der Waals surface area (Å²) in [5, 5.41) is 20.8. The lowest BCUT2D eigenvalue weighted by Gasteiger charge is -2.21. The molecule has 1 aliphatic heterocycles. The number of ether oxygens (including phenoxy) is 2. The first-order chi connectivity index (χ1) is 10.2. The molecule has 128 valence electrons. The highest BCUT2D eigenvalue weighted by atomic mass is 16.6. The summed E-state index contributed by atoms with van der Waals surface area (Å²) in [5.74, 6) is -1.49. The molecule has 1 amide bonds. The van der Waals surface area contributed by atoms with E-state index in [0.29, 0.717) is 12.8 Å². The van der Waals surface area contributed by atoms with Gasteiger partial charge in [0.15, 0.2) is 0 Å². The fraction of sp³-hybridized carbons (Fsp3) is 0.867. The average molecular weight is 317 g/mol. The first-order valence-electron chi connectivity index (χ1n) is 7.67. The third-order valence-electron chi connectivity index (χ3n) is 3.46. The van der Waals surface area contributed by atoms with Crippen molar-refractivity contribution in [2.45, 2.75) is 64.3 Å². The maximum absolute atomic E-state index is 11.5. The number of rotatable bonds is 7. The molecule has 0 aromatic heterocycles. The molecule has 3 N–H and O–H groups in total. The highest BCUT2D eigenvalue weighted by molar-refractivity contribution is 5.70. The molecule has 0 saturated carbocycles. The second kappa shape index (κ2) is 8.33. The van der Waals surface area contributed by atoms with E-state index in [1.165, 1.54) is 0 Å². The van der Waals surface area contributed by atoms with E-state index < -0.39 is 23.6 Å². The third kappa shape index (κ3) is 7.09. The van der Waals surface area contributed by atoms with Gasteiger partial charge in [-0.25, -0.2) is 4.79 Å². The van der Waals surface area contributed by atoms with Gasteiger partial charge in [-0.3, -0.25) is 4.79 Å². The predicted molar refractivity (Wildman–Crippen MR) is 79.6 cm³/mol. The van der Waals surface area contributed by atoms with Gasteiger partial charge in [-0.05, 0) is 46.5 Å². The van der Waals surface area contributed by atoms with E-state index >= 15 is 0 Å². The van der Waals surface area contributed by atoms with Crippen LogP contribution in [0.4, 0.5) is 4.79 Å². The second-order valence-corrected chi connectivity index (χ2v) is 6.63. The number of hydrogen-bond donors (Lipinski definition) is 3. The van der Waals surface area contributed by atoms with Crippen LogP contribution in [-0.4, -0.2) is 53.2 Å². The van der Waals surface area contributed by atoms with E-state index in [1.807, 2.05) is 0 Å². The van der Waals surface area contributed by atoms with Gasteiger partial charge in [-0.1, -0.05) is 0 Å². The van der Waals surface area contributed by atoms with Crippen molar-refractivity contribution in [3.05, 3.63) is 0 Å². The van der Waals surface area contributed by atoms with Crippen LogP contribution >= 0.6 is 0 Å². The Morgan fingerprint density at radius 2 is 1.95 bits per heavy atom. The predicted octanol–water partition coefficient (Wildman–Crippen LogP) is 1.53. The van der Waals surface area contributed by atoms with Gasteiger partial charge < -0.3 is 25.0 Å². The zero-order valence-corrected chi connectivity index (χ0v) is 13.5. The minimum atomic E-state index is -0.901. The van der Waals surface area contributed by atoms with Crippen LogP contribution in [0.1, 0.15) is 46.5 Å². The van der Waals surface area contributed by atoms with Crippen molar-refractivity contribution in [1.82, 2.24) is 5.32 Å². The molecule has 7 nitrogen and oxygen atoms in total. The van der Waals surface area contributed by atoms with Crippen molar-refractivity contribution in [3.63, 3.8) is 0 Å². The molecule has 1 unspecified atom stereocenters. The molecule has 1 rings (SSSR count). The van der Waals surface area contributed by atoms with Crippen molar-refractivity contribution in [3.8, 4) is 0 Å². The molecular formula is C15H27NO6. The van der Waals surface area contributed by atoms with Crippen LogP contribution in [0, 0.1) is 5.92 Å². The van der Waals surface area contributed by atoms with E-state index in [4.69, 9.17) is 14.6 Å². The van der Waals surface area contributed by atoms with Crippen LogP contribution < -0.4 is 5.32 Å². The van der Waals surface area contributed by atoms with E-state index in [0.717, 1.165) is 12.8 Å². The van der Waals surface area contributed by atoms with Crippen LogP contribution in [0.5, 0.6) is 0 Å². The SMILES string of the molecule is CC(C)(C)OC(=O)NCCC(C[C@H]1CC[C@@H](CO)O1)C(=O)O. The Bertz CT molecular complexity index is 379. The Labute approximate surface area is 131 Å². The number of aliphatic hydroxyl groups excluding tert-OH is 1. The monoisotopic (exact) mass is 317 g/mol. The van der Waals surface area contributed by atoms with E-state index in [2.05, 4.69) is 5.32 Å². The van der Waals surface area contributed by atoms with Crippen molar-refractivity contribution >= 4 is 12.1 Å². The number of aliphatic carboxylic acids is 1. The summed E-state index contributed by atoms with van der Waals surface area (Å²) in [7, 11) is 0. The molecule has 0 bridgehead atoms. The largest absolute Gasteiger partial charge is 0.481 e. The smallest absolute Gasteiger partial charge is 0.407 e. The number of carboxylic acids is 1. The highest BCUT2D eigenvalue weighted by Crippen LogP contribution is 2.26. The number of alkyl carbamates (subject to hydrolysis) is 1. The van der Waals surface area contributed by atoms with Gasteiger partial charge in [0.25, 0.3) is 0 Å². The van der Waals surface area contributed by atoms with Crippen molar-refractivity contribution < 1.29 is 29.3 Å². The van der Waals surface area contributed by atoms with Crippen LogP contribution in [0.15, 0.2) is 0 Å². The number of carboxylic acid groups (broad SMARTS) is 1. The molecule has 0 aromatic carbocycles. The fourth-order valence-electron chi connectivity index (χ4n) is 2.41. The molecule has 1 saturated heterocycles. The molecule has 1 fully saturated rings. The molecule has 0 aromatic rings. The maximum Gasteiger partial charge on any atom is 0.407 e. The zero-order chi connectivity index (χ0) is 16.8. The van der Waals surface area contributed by atoms with Crippen LogP contribution in [0.2, 0.25) is 0 Å². The summed E-state index contributed by atoms with van der Waals surface area (Å²) < 4.78 is 10.7. The fourth-order valence-corrected chi connectivity index (χ4v) is 2.41. The highest BCUT2D eigenvalue weighted by Gasteiger charge is 2.29. The second-order valence-electron chi connectivity index (χ2n) is 6.63. The van der Waals surface area contributed by atoms with Gasteiger partial charge >= 0.3 is 12.1 Å². The minimum absolute atomic E-state index is 0.0333. The summed E-state index contributed by atoms with van der Waals surface area (Å²) in [6.07, 6.45) is 1.35. The van der Waals surface area contributed by atoms with Gasteiger partial charge in [-0.15, -0.1) is 0 Å². The summed E-state index contributed by atoms with van der Waals surface area (Å²) in [6, 6.07) is 0. The number of amides is 1. The number of nitrogens with one attached hydrogen (secondary N) is 1. The first-order valence-corrected chi connectivity index (χ1v) is 7.67. The average Bonchev–Trinajstić information content (AvgIpc) is 2.83. The lowest BCUT2D eigenvalue weighted by Crippen LogP contribution is -2.34. The Morgan fingerprint density at radius 1 is 1.32 bits per heavy atom. The molecule has 0 aliphatic carbocycles. The Morgan fingerprint density at radius 3 is 2.45 bits per heavy atom. The summed E-state index contributed by atoms with van der Waals surface area (Å²) in [4.78, 5) is 22.8. The molecule has 1 aliphatic rings. The van der Waals surface area contributed by atoms with E-state index in [1.54, 1.807) is 20.8 Å². The van der Waals surface area contributed by atoms with Crippen molar-refractivity contribution in [2.75, 3.05) is 13.2 Å². The molecule has 1 heterocycles. The maximum atomic E-state index is 11.5. The molecule has 7 heteroatoms. The molecule has 3 atom stereocenters. The third-order valence-corrected chi connectivity index (χ3v) is 3.46. The first kappa shape index (κ1) is 18.7. The standard InChI is InChI=1S/C15H27NO6/c1-15(2,3)22-14(20)16-7-6-10(13(18)19)8-11-4-5-12(9-17)21-11/h10-12,17H,4-9H2,1-3H3,(H,16,20)(H,18,19)/t10?,11-,12+/m1/s1. The number of carbonyl (C=O) groups excluding carboxylic acids is 1. The van der Waals surface area contributed by atoms with Crippen molar-refractivity contribution in [1.29, 1.82) is 0 Å².